The zero-order chi connectivity index (χ0) is 27.9. The summed E-state index contributed by atoms with van der Waals surface area (Å²) in [5.74, 6) is 1.23. The van der Waals surface area contributed by atoms with Crippen molar-refractivity contribution in [2.45, 2.75) is 13.5 Å². The molecular weight excluding hydrogens is 510 g/mol. The summed E-state index contributed by atoms with van der Waals surface area (Å²) in [6.45, 7) is 4.14. The Kier molecular flexibility index (Phi) is 6.32. The Bertz CT molecular complexity index is 1710. The van der Waals surface area contributed by atoms with Crippen LogP contribution in [-0.2, 0) is 16.1 Å². The summed E-state index contributed by atoms with van der Waals surface area (Å²) in [5.41, 5.74) is 7.18. The fourth-order valence-corrected chi connectivity index (χ4v) is 5.07. The van der Waals surface area contributed by atoms with Crippen molar-refractivity contribution < 1.29 is 14.3 Å². The van der Waals surface area contributed by atoms with Crippen molar-refractivity contribution in [3.63, 3.8) is 0 Å². The Morgan fingerprint density at radius 3 is 2.50 bits per heavy atom. The van der Waals surface area contributed by atoms with E-state index in [1.165, 1.54) is 10.9 Å². The first kappa shape index (κ1) is 25.3. The van der Waals surface area contributed by atoms with Gasteiger partial charge in [0.05, 0.1) is 18.9 Å². The lowest BCUT2D eigenvalue weighted by atomic mass is 9.86. The van der Waals surface area contributed by atoms with Crippen LogP contribution in [0.3, 0.4) is 0 Å². The minimum Gasteiger partial charge on any atom is -0.457 e. The van der Waals surface area contributed by atoms with E-state index in [4.69, 9.17) is 15.2 Å². The van der Waals surface area contributed by atoms with Gasteiger partial charge in [0.25, 0.3) is 5.91 Å². The molecule has 202 valence electrons. The average molecular weight is 538 g/mol. The standard InChI is InChI=1S/C29H27N7O4/c1-29(16-39-17-29)11-20(12-30)27(37)34-13-19(14-34)15-35-26-24(25(31)32-18-33-26)36(28(35)38)21-7-9-23(10-8-21)40-22-5-3-2-4-6-22/h2-11,18-19H,13-17H2,1H3,(H2,31,32,33)/b20-11+. The van der Waals surface area contributed by atoms with Gasteiger partial charge in [0.2, 0.25) is 0 Å². The average Bonchev–Trinajstić information content (AvgIpc) is 3.20. The van der Waals surface area contributed by atoms with Crippen molar-refractivity contribution in [2.75, 3.05) is 32.0 Å². The number of amides is 1. The van der Waals surface area contributed by atoms with Gasteiger partial charge in [-0.2, -0.15) is 5.26 Å². The van der Waals surface area contributed by atoms with Crippen LogP contribution in [0.2, 0.25) is 0 Å². The SMILES string of the molecule is CC1(/C=C(\C#N)C(=O)N2CC(Cn3c(=O)n(-c4ccc(Oc5ccccc5)cc4)c4c(N)ncnc43)C2)COC1. The Hall–Kier alpha value is -4.95. The molecule has 2 aromatic carbocycles. The molecule has 2 saturated heterocycles. The van der Waals surface area contributed by atoms with Gasteiger partial charge in [0.1, 0.15) is 35.0 Å². The molecule has 4 aromatic rings. The Balaban J connectivity index is 1.23. The second-order valence-electron chi connectivity index (χ2n) is 10.5. The van der Waals surface area contributed by atoms with Crippen molar-refractivity contribution in [1.29, 1.82) is 5.26 Å². The number of carbonyl (C=O) groups excluding carboxylic acids is 1. The summed E-state index contributed by atoms with van der Waals surface area (Å²) in [5, 5.41) is 9.54. The number of likely N-dealkylation sites (tertiary alicyclic amines) is 1. The van der Waals surface area contributed by atoms with Crippen LogP contribution in [-0.4, -0.2) is 56.2 Å². The fraction of sp³-hybridized carbons (Fsp3) is 0.276. The lowest BCUT2D eigenvalue weighted by Gasteiger charge is -2.40. The van der Waals surface area contributed by atoms with E-state index < -0.39 is 0 Å². The summed E-state index contributed by atoms with van der Waals surface area (Å²) in [7, 11) is 0. The van der Waals surface area contributed by atoms with Crippen molar-refractivity contribution in [3.05, 3.63) is 83.1 Å². The molecular formula is C29H27N7O4. The van der Waals surface area contributed by atoms with Crippen LogP contribution in [0.4, 0.5) is 5.82 Å². The number of aromatic nitrogens is 4. The molecule has 0 bridgehead atoms. The van der Waals surface area contributed by atoms with Crippen LogP contribution < -0.4 is 16.2 Å². The molecule has 6 rings (SSSR count). The quantitative estimate of drug-likeness (QED) is 0.280. The highest BCUT2D eigenvalue weighted by Crippen LogP contribution is 2.31. The van der Waals surface area contributed by atoms with Gasteiger partial charge >= 0.3 is 5.69 Å². The Morgan fingerprint density at radius 1 is 1.15 bits per heavy atom. The van der Waals surface area contributed by atoms with Gasteiger partial charge in [-0.05, 0) is 36.4 Å². The third-order valence-corrected chi connectivity index (χ3v) is 7.20. The maximum absolute atomic E-state index is 13.7. The highest BCUT2D eigenvalue weighted by Gasteiger charge is 2.37. The van der Waals surface area contributed by atoms with Gasteiger partial charge in [-0.3, -0.25) is 13.9 Å². The van der Waals surface area contributed by atoms with E-state index in [1.807, 2.05) is 43.3 Å². The largest absolute Gasteiger partial charge is 0.457 e. The summed E-state index contributed by atoms with van der Waals surface area (Å²) < 4.78 is 14.2. The number of carbonyl (C=O) groups is 1. The second kappa shape index (κ2) is 9.98. The van der Waals surface area contributed by atoms with Crippen LogP contribution in [0.1, 0.15) is 6.92 Å². The molecule has 2 fully saturated rings. The first-order chi connectivity index (χ1) is 19.3. The predicted molar refractivity (Wildman–Crippen MR) is 147 cm³/mol. The van der Waals surface area contributed by atoms with Crippen molar-refractivity contribution in [3.8, 4) is 23.3 Å². The number of nitriles is 1. The number of hydrogen-bond acceptors (Lipinski definition) is 8. The Labute approximate surface area is 229 Å². The molecule has 2 N–H and O–H groups in total. The molecule has 11 heteroatoms. The molecule has 0 atom stereocenters. The molecule has 0 spiro atoms. The van der Waals surface area contributed by atoms with Crippen LogP contribution in [0.15, 0.2) is 77.4 Å². The van der Waals surface area contributed by atoms with Gasteiger partial charge in [-0.25, -0.2) is 14.8 Å². The number of benzene rings is 2. The molecule has 40 heavy (non-hydrogen) atoms. The summed E-state index contributed by atoms with van der Waals surface area (Å²) in [4.78, 5) is 36.7. The van der Waals surface area contributed by atoms with Gasteiger partial charge in [-0.15, -0.1) is 0 Å². The minimum atomic E-state index is -0.306. The van der Waals surface area contributed by atoms with Crippen LogP contribution >= 0.6 is 0 Å². The molecule has 0 saturated carbocycles. The number of fused-ring (bicyclic) bond motifs is 1. The number of hydrogen-bond donors (Lipinski definition) is 1. The highest BCUT2D eigenvalue weighted by molar-refractivity contribution is 5.97. The van der Waals surface area contributed by atoms with E-state index in [9.17, 15) is 14.9 Å². The van der Waals surface area contributed by atoms with E-state index in [-0.39, 0.29) is 34.3 Å². The Morgan fingerprint density at radius 2 is 1.85 bits per heavy atom. The summed E-state index contributed by atoms with van der Waals surface area (Å²) in [6, 6.07) is 18.6. The van der Waals surface area contributed by atoms with Crippen LogP contribution in [0, 0.1) is 22.7 Å². The van der Waals surface area contributed by atoms with Crippen LogP contribution in [0.25, 0.3) is 16.9 Å². The monoisotopic (exact) mass is 537 g/mol. The van der Waals surface area contributed by atoms with E-state index in [1.54, 1.807) is 39.8 Å². The molecule has 2 aliphatic rings. The molecule has 1 amide bonds. The normalized spacial score (nSPS) is 16.7. The number of imidazole rings is 1. The first-order valence-electron chi connectivity index (χ1n) is 12.9. The number of anilines is 1. The topological polar surface area (TPSA) is 141 Å². The van der Waals surface area contributed by atoms with E-state index in [0.29, 0.717) is 61.2 Å². The van der Waals surface area contributed by atoms with E-state index in [2.05, 4.69) is 9.97 Å². The molecule has 0 unspecified atom stereocenters. The zero-order valence-corrected chi connectivity index (χ0v) is 21.9. The number of nitrogen functional groups attached to an aromatic ring is 1. The zero-order valence-electron chi connectivity index (χ0n) is 21.9. The molecule has 0 radical (unpaired) electrons. The van der Waals surface area contributed by atoms with Gasteiger partial charge in [0, 0.05) is 31.0 Å². The number of para-hydroxylation sites is 1. The smallest absolute Gasteiger partial charge is 0.335 e. The van der Waals surface area contributed by atoms with E-state index in [0.717, 1.165) is 0 Å². The highest BCUT2D eigenvalue weighted by atomic mass is 16.5. The van der Waals surface area contributed by atoms with Crippen molar-refractivity contribution in [2.24, 2.45) is 11.3 Å². The number of nitrogens with zero attached hydrogens (tertiary/aromatic N) is 6. The fourth-order valence-electron chi connectivity index (χ4n) is 5.07. The molecule has 2 aliphatic heterocycles. The lowest BCUT2D eigenvalue weighted by molar-refractivity contribution is -0.133. The molecule has 2 aromatic heterocycles. The number of rotatable bonds is 7. The lowest BCUT2D eigenvalue weighted by Crippen LogP contribution is -2.52. The number of nitrogens with two attached hydrogens (primary N) is 1. The van der Waals surface area contributed by atoms with Crippen molar-refractivity contribution >= 4 is 22.9 Å². The van der Waals surface area contributed by atoms with E-state index >= 15 is 0 Å². The summed E-state index contributed by atoms with van der Waals surface area (Å²) in [6.07, 6.45) is 3.04. The first-order valence-corrected chi connectivity index (χ1v) is 12.9. The maximum Gasteiger partial charge on any atom is 0.335 e. The number of ether oxygens (including phenoxy) is 2. The third kappa shape index (κ3) is 4.58. The van der Waals surface area contributed by atoms with Crippen molar-refractivity contribution in [1.82, 2.24) is 24.0 Å². The van der Waals surface area contributed by atoms with Gasteiger partial charge < -0.3 is 20.1 Å². The maximum atomic E-state index is 13.7. The molecule has 4 heterocycles. The van der Waals surface area contributed by atoms with Gasteiger partial charge in [0.15, 0.2) is 11.5 Å². The minimum absolute atomic E-state index is 0.0149. The molecule has 11 nitrogen and oxygen atoms in total. The van der Waals surface area contributed by atoms with Gasteiger partial charge in [-0.1, -0.05) is 31.2 Å². The van der Waals surface area contributed by atoms with Crippen LogP contribution in [0.5, 0.6) is 11.5 Å². The summed E-state index contributed by atoms with van der Waals surface area (Å²) >= 11 is 0. The second-order valence-corrected chi connectivity index (χ2v) is 10.5. The predicted octanol–water partition coefficient (Wildman–Crippen LogP) is 2.90. The molecule has 0 aliphatic carbocycles. The third-order valence-electron chi connectivity index (χ3n) is 7.20.